The van der Waals surface area contributed by atoms with Gasteiger partial charge in [0.1, 0.15) is 12.1 Å². The molecule has 0 saturated carbocycles. The molecule has 18 heavy (non-hydrogen) atoms. The summed E-state index contributed by atoms with van der Waals surface area (Å²) in [6.45, 7) is 4.05. The minimum absolute atomic E-state index is 0.104. The van der Waals surface area contributed by atoms with E-state index >= 15 is 0 Å². The number of nitrogens with one attached hydrogen (secondary N) is 3. The summed E-state index contributed by atoms with van der Waals surface area (Å²) in [6, 6.07) is -0.920. The fraction of sp³-hybridized carbons (Fsp3) is 0.583. The number of carbonyl (C=O) groups excluding carboxylic acids is 2. The predicted molar refractivity (Wildman–Crippen MR) is 65.6 cm³/mol. The number of H-pyrrole nitrogens is 1. The third kappa shape index (κ3) is 2.88. The Hall–Kier alpha value is -1.85. The molecule has 1 aliphatic rings. The maximum absolute atomic E-state index is 11.9. The minimum atomic E-state index is -0.513. The van der Waals surface area contributed by atoms with Crippen LogP contribution in [0.1, 0.15) is 26.0 Å². The van der Waals surface area contributed by atoms with Crippen LogP contribution in [0, 0.1) is 5.92 Å². The number of rotatable bonds is 4. The van der Waals surface area contributed by atoms with Crippen molar-refractivity contribution < 1.29 is 9.59 Å². The van der Waals surface area contributed by atoms with Crippen molar-refractivity contribution in [3.63, 3.8) is 0 Å². The first-order chi connectivity index (χ1) is 8.56. The third-order valence-electron chi connectivity index (χ3n) is 2.95. The molecular formula is C12H18N4O2. The maximum atomic E-state index is 11.9. The standard InChI is InChI=1S/C12H18N4O2/c1-7(2)3-9-11(17)16-10(12(18)15-9)4-8-5-13-6-14-8/h5-7,9-10H,3-4H2,1-2H3,(H,13,14)(H,15,18)(H,16,17)/t9-,10-/m1/s1. The largest absolute Gasteiger partial charge is 0.348 e. The van der Waals surface area contributed by atoms with E-state index in [0.717, 1.165) is 5.69 Å². The summed E-state index contributed by atoms with van der Waals surface area (Å²) in [4.78, 5) is 30.6. The quantitative estimate of drug-likeness (QED) is 0.702. The summed E-state index contributed by atoms with van der Waals surface area (Å²) >= 11 is 0. The van der Waals surface area contributed by atoms with Gasteiger partial charge in [-0.3, -0.25) is 9.59 Å². The minimum Gasteiger partial charge on any atom is -0.348 e. The first-order valence-electron chi connectivity index (χ1n) is 6.14. The van der Waals surface area contributed by atoms with Gasteiger partial charge in [0.05, 0.1) is 6.33 Å². The summed E-state index contributed by atoms with van der Waals surface area (Å²) in [5.74, 6) is 0.132. The van der Waals surface area contributed by atoms with Crippen LogP contribution in [0.15, 0.2) is 12.5 Å². The van der Waals surface area contributed by atoms with Crippen LogP contribution in [-0.2, 0) is 16.0 Å². The van der Waals surface area contributed by atoms with Gasteiger partial charge in [0, 0.05) is 18.3 Å². The van der Waals surface area contributed by atoms with E-state index in [9.17, 15) is 9.59 Å². The van der Waals surface area contributed by atoms with E-state index in [2.05, 4.69) is 20.6 Å². The molecule has 6 nitrogen and oxygen atoms in total. The van der Waals surface area contributed by atoms with E-state index < -0.39 is 12.1 Å². The lowest BCUT2D eigenvalue weighted by Crippen LogP contribution is -2.62. The lowest BCUT2D eigenvalue weighted by Gasteiger charge is -2.30. The molecule has 6 heteroatoms. The molecule has 0 aliphatic carbocycles. The number of aromatic amines is 1. The molecule has 1 fully saturated rings. The fourth-order valence-corrected chi connectivity index (χ4v) is 2.07. The Bertz CT molecular complexity index is 427. The normalized spacial score (nSPS) is 23.9. The van der Waals surface area contributed by atoms with Crippen LogP contribution in [0.25, 0.3) is 0 Å². The van der Waals surface area contributed by atoms with E-state index in [1.54, 1.807) is 12.5 Å². The van der Waals surface area contributed by atoms with Crippen molar-refractivity contribution in [1.29, 1.82) is 0 Å². The molecule has 0 aromatic carbocycles. The van der Waals surface area contributed by atoms with Crippen molar-refractivity contribution in [3.8, 4) is 0 Å². The van der Waals surface area contributed by atoms with E-state index in [1.807, 2.05) is 13.8 Å². The first kappa shape index (κ1) is 12.6. The van der Waals surface area contributed by atoms with Crippen molar-refractivity contribution in [2.75, 3.05) is 0 Å². The Balaban J connectivity index is 1.97. The van der Waals surface area contributed by atoms with E-state index in [1.165, 1.54) is 0 Å². The van der Waals surface area contributed by atoms with Crippen LogP contribution in [0.3, 0.4) is 0 Å². The summed E-state index contributed by atoms with van der Waals surface area (Å²) in [6.07, 6.45) is 4.30. The Morgan fingerprint density at radius 1 is 1.22 bits per heavy atom. The molecule has 1 aromatic rings. The van der Waals surface area contributed by atoms with Crippen LogP contribution in [-0.4, -0.2) is 33.9 Å². The van der Waals surface area contributed by atoms with Gasteiger partial charge in [0.25, 0.3) is 0 Å². The van der Waals surface area contributed by atoms with Crippen LogP contribution >= 0.6 is 0 Å². The average molecular weight is 250 g/mol. The van der Waals surface area contributed by atoms with Crippen molar-refractivity contribution in [1.82, 2.24) is 20.6 Å². The molecule has 2 amide bonds. The van der Waals surface area contributed by atoms with Crippen molar-refractivity contribution in [3.05, 3.63) is 18.2 Å². The number of aromatic nitrogens is 2. The fourth-order valence-electron chi connectivity index (χ4n) is 2.07. The Kier molecular flexibility index (Phi) is 3.64. The van der Waals surface area contributed by atoms with Gasteiger partial charge in [-0.1, -0.05) is 13.8 Å². The lowest BCUT2D eigenvalue weighted by molar-refractivity contribution is -0.137. The average Bonchev–Trinajstić information content (AvgIpc) is 2.77. The summed E-state index contributed by atoms with van der Waals surface area (Å²) < 4.78 is 0. The molecule has 0 radical (unpaired) electrons. The Labute approximate surface area is 106 Å². The van der Waals surface area contributed by atoms with Crippen molar-refractivity contribution in [2.45, 2.75) is 38.8 Å². The zero-order valence-corrected chi connectivity index (χ0v) is 10.6. The molecule has 0 spiro atoms. The van der Waals surface area contributed by atoms with Gasteiger partial charge >= 0.3 is 0 Å². The number of hydrogen-bond donors (Lipinski definition) is 3. The number of amides is 2. The molecule has 3 N–H and O–H groups in total. The van der Waals surface area contributed by atoms with Gasteiger partial charge in [0.2, 0.25) is 11.8 Å². The monoisotopic (exact) mass is 250 g/mol. The second-order valence-corrected chi connectivity index (χ2v) is 5.03. The Morgan fingerprint density at radius 2 is 1.89 bits per heavy atom. The summed E-state index contributed by atoms with van der Waals surface area (Å²) in [5, 5.41) is 5.54. The van der Waals surface area contributed by atoms with Gasteiger partial charge < -0.3 is 15.6 Å². The van der Waals surface area contributed by atoms with Gasteiger partial charge in [-0.15, -0.1) is 0 Å². The molecule has 1 saturated heterocycles. The maximum Gasteiger partial charge on any atom is 0.243 e. The Morgan fingerprint density at radius 3 is 2.50 bits per heavy atom. The second kappa shape index (κ2) is 5.20. The highest BCUT2D eigenvalue weighted by molar-refractivity contribution is 5.97. The smallest absolute Gasteiger partial charge is 0.243 e. The zero-order chi connectivity index (χ0) is 13.1. The number of carbonyl (C=O) groups is 2. The summed E-state index contributed by atoms with van der Waals surface area (Å²) in [7, 11) is 0. The highest BCUT2D eigenvalue weighted by atomic mass is 16.2. The molecule has 1 aromatic heterocycles. The van der Waals surface area contributed by atoms with Crippen molar-refractivity contribution >= 4 is 11.8 Å². The van der Waals surface area contributed by atoms with Gasteiger partial charge in [0.15, 0.2) is 0 Å². The molecule has 0 bridgehead atoms. The molecular weight excluding hydrogens is 232 g/mol. The molecule has 2 atom stereocenters. The van der Waals surface area contributed by atoms with Gasteiger partial charge in [-0.05, 0) is 12.3 Å². The van der Waals surface area contributed by atoms with Crippen LogP contribution in [0.4, 0.5) is 0 Å². The van der Waals surface area contributed by atoms with Crippen LogP contribution in [0.5, 0.6) is 0 Å². The number of hydrogen-bond acceptors (Lipinski definition) is 3. The highest BCUT2D eigenvalue weighted by Gasteiger charge is 2.33. The van der Waals surface area contributed by atoms with Gasteiger partial charge in [-0.2, -0.15) is 0 Å². The van der Waals surface area contributed by atoms with Gasteiger partial charge in [-0.25, -0.2) is 4.98 Å². The van der Waals surface area contributed by atoms with E-state index in [0.29, 0.717) is 18.8 Å². The SMILES string of the molecule is CC(C)C[C@H]1NC(=O)[C@@H](Cc2cnc[nH]2)NC1=O. The third-order valence-corrected chi connectivity index (χ3v) is 2.95. The highest BCUT2D eigenvalue weighted by Crippen LogP contribution is 2.10. The topological polar surface area (TPSA) is 86.9 Å². The number of piperazine rings is 1. The number of imidazole rings is 1. The first-order valence-corrected chi connectivity index (χ1v) is 6.14. The predicted octanol–water partition coefficient (Wildman–Crippen LogP) is -0.0185. The number of nitrogens with zero attached hydrogens (tertiary/aromatic N) is 1. The van der Waals surface area contributed by atoms with Crippen molar-refractivity contribution in [2.24, 2.45) is 5.92 Å². The molecule has 0 unspecified atom stereocenters. The zero-order valence-electron chi connectivity index (χ0n) is 10.6. The van der Waals surface area contributed by atoms with E-state index in [-0.39, 0.29) is 11.8 Å². The lowest BCUT2D eigenvalue weighted by atomic mass is 9.99. The summed E-state index contributed by atoms with van der Waals surface area (Å²) in [5.41, 5.74) is 0.831. The molecule has 98 valence electrons. The van der Waals surface area contributed by atoms with E-state index in [4.69, 9.17) is 0 Å². The van der Waals surface area contributed by atoms with Crippen LogP contribution in [0.2, 0.25) is 0 Å². The van der Waals surface area contributed by atoms with Crippen LogP contribution < -0.4 is 10.6 Å². The second-order valence-electron chi connectivity index (χ2n) is 5.03. The molecule has 2 rings (SSSR count). The molecule has 2 heterocycles. The molecule has 1 aliphatic heterocycles.